The largest absolute Gasteiger partial charge is 0.356 e. The molecule has 0 unspecified atom stereocenters. The quantitative estimate of drug-likeness (QED) is 0.815. The summed E-state index contributed by atoms with van der Waals surface area (Å²) in [6.45, 7) is 3.84. The fourth-order valence-electron chi connectivity index (χ4n) is 3.15. The fraction of sp³-hybridized carbons (Fsp3) is 0.350. The molecular weight excluding hydrogens is 320 g/mol. The number of amides is 1. The summed E-state index contributed by atoms with van der Waals surface area (Å²) in [6.07, 6.45) is 2.43. The Hall–Kier alpha value is -1.84. The van der Waals surface area contributed by atoms with Crippen molar-refractivity contribution in [3.8, 4) is 0 Å². The minimum Gasteiger partial charge on any atom is -0.356 e. The molecule has 0 saturated carbocycles. The minimum atomic E-state index is 0.0343. The zero-order valence-electron chi connectivity index (χ0n) is 13.8. The molecule has 0 bridgehead atoms. The third-order valence-electron chi connectivity index (χ3n) is 4.49. The third-order valence-corrected chi connectivity index (χ3v) is 4.86. The van der Waals surface area contributed by atoms with Gasteiger partial charge in [0.2, 0.25) is 5.91 Å². The first kappa shape index (κ1) is 17.0. The number of hydrogen-bond acceptors (Lipinski definition) is 2. The van der Waals surface area contributed by atoms with E-state index in [-0.39, 0.29) is 5.91 Å². The predicted molar refractivity (Wildman–Crippen MR) is 98.2 cm³/mol. The summed E-state index contributed by atoms with van der Waals surface area (Å²) in [5.41, 5.74) is 3.79. The van der Waals surface area contributed by atoms with Gasteiger partial charge in [0.25, 0.3) is 0 Å². The summed E-state index contributed by atoms with van der Waals surface area (Å²) in [7, 11) is 0. The van der Waals surface area contributed by atoms with Crippen molar-refractivity contribution in [1.29, 1.82) is 0 Å². The van der Waals surface area contributed by atoms with Crippen molar-refractivity contribution in [2.45, 2.75) is 25.8 Å². The average molecular weight is 343 g/mol. The number of nitrogens with zero attached hydrogens (tertiary/aromatic N) is 1. The summed E-state index contributed by atoms with van der Waals surface area (Å²) < 4.78 is 0. The number of benzene rings is 2. The van der Waals surface area contributed by atoms with E-state index >= 15 is 0 Å². The number of fused-ring (bicyclic) bond motifs is 1. The number of carbonyl (C=O) groups excluding carboxylic acids is 1. The molecule has 2 aromatic carbocycles. The lowest BCUT2D eigenvalue weighted by Gasteiger charge is -2.28. The van der Waals surface area contributed by atoms with Crippen LogP contribution >= 0.6 is 11.6 Å². The number of rotatable bonds is 6. The maximum atomic E-state index is 12.0. The van der Waals surface area contributed by atoms with E-state index in [1.54, 1.807) is 0 Å². The van der Waals surface area contributed by atoms with Gasteiger partial charge in [-0.25, -0.2) is 0 Å². The average Bonchev–Trinajstić information content (AvgIpc) is 2.60. The number of nitrogens with one attached hydrogen (secondary N) is 1. The van der Waals surface area contributed by atoms with Crippen molar-refractivity contribution in [3.63, 3.8) is 0 Å². The summed E-state index contributed by atoms with van der Waals surface area (Å²) in [6, 6.07) is 16.2. The molecule has 0 fully saturated rings. The molecule has 0 atom stereocenters. The van der Waals surface area contributed by atoms with Gasteiger partial charge in [0.05, 0.1) is 6.42 Å². The molecule has 1 amide bonds. The fourth-order valence-corrected chi connectivity index (χ4v) is 3.36. The number of halogens is 1. The Kier molecular flexibility index (Phi) is 5.89. The van der Waals surface area contributed by atoms with E-state index in [0.717, 1.165) is 38.0 Å². The van der Waals surface area contributed by atoms with Gasteiger partial charge in [0.15, 0.2) is 0 Å². The van der Waals surface area contributed by atoms with Crippen LogP contribution in [-0.2, 0) is 24.2 Å². The highest BCUT2D eigenvalue weighted by Gasteiger charge is 2.15. The Morgan fingerprint density at radius 1 is 1.08 bits per heavy atom. The van der Waals surface area contributed by atoms with Crippen molar-refractivity contribution in [2.24, 2.45) is 0 Å². The lowest BCUT2D eigenvalue weighted by Crippen LogP contribution is -2.34. The number of hydrogen-bond donors (Lipinski definition) is 1. The Morgan fingerprint density at radius 2 is 1.83 bits per heavy atom. The molecule has 1 aliphatic rings. The van der Waals surface area contributed by atoms with Gasteiger partial charge >= 0.3 is 0 Å². The summed E-state index contributed by atoms with van der Waals surface area (Å²) >= 11 is 6.09. The van der Waals surface area contributed by atoms with Crippen LogP contribution in [0.25, 0.3) is 0 Å². The van der Waals surface area contributed by atoms with E-state index in [0.29, 0.717) is 18.0 Å². The van der Waals surface area contributed by atoms with Crippen LogP contribution in [0.15, 0.2) is 48.5 Å². The van der Waals surface area contributed by atoms with Crippen molar-refractivity contribution in [3.05, 3.63) is 70.2 Å². The molecule has 3 nitrogen and oxygen atoms in total. The molecule has 1 heterocycles. The number of carbonyl (C=O) groups is 1. The zero-order valence-corrected chi connectivity index (χ0v) is 14.6. The molecule has 126 valence electrons. The monoisotopic (exact) mass is 342 g/mol. The lowest BCUT2D eigenvalue weighted by molar-refractivity contribution is -0.120. The van der Waals surface area contributed by atoms with Gasteiger partial charge in [-0.05, 0) is 35.6 Å². The maximum absolute atomic E-state index is 12.0. The summed E-state index contributed by atoms with van der Waals surface area (Å²) in [5.74, 6) is 0.0343. The Bertz CT molecular complexity index is 702. The Balaban J connectivity index is 1.37. The van der Waals surface area contributed by atoms with Gasteiger partial charge < -0.3 is 5.32 Å². The van der Waals surface area contributed by atoms with Crippen molar-refractivity contribution >= 4 is 17.5 Å². The molecule has 0 saturated heterocycles. The van der Waals surface area contributed by atoms with Crippen LogP contribution in [0.2, 0.25) is 5.02 Å². The molecule has 0 aliphatic carbocycles. The molecule has 2 aromatic rings. The highest BCUT2D eigenvalue weighted by atomic mass is 35.5. The second-order valence-corrected chi connectivity index (χ2v) is 6.67. The van der Waals surface area contributed by atoms with Gasteiger partial charge in [-0.2, -0.15) is 0 Å². The standard InChI is InChI=1S/C20H23ClN2O/c21-19-9-4-3-7-17(19)14-20(24)22-11-5-12-23-13-10-16-6-1-2-8-18(16)15-23/h1-4,6-9H,5,10-15H2,(H,22,24). The van der Waals surface area contributed by atoms with Gasteiger partial charge in [-0.3, -0.25) is 9.69 Å². The molecule has 0 aromatic heterocycles. The predicted octanol–water partition coefficient (Wildman–Crippen LogP) is 3.45. The molecule has 0 radical (unpaired) electrons. The first-order valence-electron chi connectivity index (χ1n) is 8.51. The summed E-state index contributed by atoms with van der Waals surface area (Å²) in [4.78, 5) is 14.5. The van der Waals surface area contributed by atoms with Crippen molar-refractivity contribution in [2.75, 3.05) is 19.6 Å². The van der Waals surface area contributed by atoms with Crippen molar-refractivity contribution < 1.29 is 4.79 Å². The minimum absolute atomic E-state index is 0.0343. The lowest BCUT2D eigenvalue weighted by atomic mass is 10.00. The molecular formula is C20H23ClN2O. The van der Waals surface area contributed by atoms with Crippen molar-refractivity contribution in [1.82, 2.24) is 10.2 Å². The van der Waals surface area contributed by atoms with Gasteiger partial charge in [0, 0.05) is 31.2 Å². The highest BCUT2D eigenvalue weighted by Crippen LogP contribution is 2.18. The summed E-state index contributed by atoms with van der Waals surface area (Å²) in [5, 5.41) is 3.65. The molecule has 1 aliphatic heterocycles. The van der Waals surface area contributed by atoms with Gasteiger partial charge in [0.1, 0.15) is 0 Å². The van der Waals surface area contributed by atoms with E-state index in [1.807, 2.05) is 24.3 Å². The third kappa shape index (κ3) is 4.59. The van der Waals surface area contributed by atoms with E-state index in [2.05, 4.69) is 34.5 Å². The van der Waals surface area contributed by atoms with Crippen LogP contribution in [0.5, 0.6) is 0 Å². The normalized spacial score (nSPS) is 14.2. The molecule has 0 spiro atoms. The molecule has 3 rings (SSSR count). The van der Waals surface area contributed by atoms with Crippen LogP contribution < -0.4 is 5.32 Å². The van der Waals surface area contributed by atoms with E-state index in [4.69, 9.17) is 11.6 Å². The first-order chi connectivity index (χ1) is 11.7. The van der Waals surface area contributed by atoms with E-state index in [1.165, 1.54) is 11.1 Å². The highest BCUT2D eigenvalue weighted by molar-refractivity contribution is 6.31. The first-order valence-corrected chi connectivity index (χ1v) is 8.89. The van der Waals surface area contributed by atoms with Crippen LogP contribution in [0.1, 0.15) is 23.1 Å². The molecule has 24 heavy (non-hydrogen) atoms. The second-order valence-electron chi connectivity index (χ2n) is 6.27. The topological polar surface area (TPSA) is 32.3 Å². The Morgan fingerprint density at radius 3 is 2.67 bits per heavy atom. The van der Waals surface area contributed by atoms with E-state index < -0.39 is 0 Å². The SMILES string of the molecule is O=C(Cc1ccccc1Cl)NCCCN1CCc2ccccc2C1. The van der Waals surface area contributed by atoms with Crippen LogP contribution in [0.3, 0.4) is 0 Å². The smallest absolute Gasteiger partial charge is 0.224 e. The van der Waals surface area contributed by atoms with Gasteiger partial charge in [-0.15, -0.1) is 0 Å². The van der Waals surface area contributed by atoms with Gasteiger partial charge in [-0.1, -0.05) is 54.1 Å². The molecule has 1 N–H and O–H groups in total. The van der Waals surface area contributed by atoms with Crippen LogP contribution in [-0.4, -0.2) is 30.4 Å². The second kappa shape index (κ2) is 8.32. The molecule has 4 heteroatoms. The zero-order chi connectivity index (χ0) is 16.8. The van der Waals surface area contributed by atoms with Crippen LogP contribution in [0.4, 0.5) is 0 Å². The maximum Gasteiger partial charge on any atom is 0.224 e. The van der Waals surface area contributed by atoms with E-state index in [9.17, 15) is 4.79 Å². The van der Waals surface area contributed by atoms with Crippen LogP contribution in [0, 0.1) is 0 Å². The Labute approximate surface area is 148 Å².